The van der Waals surface area contributed by atoms with Crippen LogP contribution in [0.3, 0.4) is 0 Å². The molecule has 4 nitrogen and oxygen atoms in total. The van der Waals surface area contributed by atoms with Crippen LogP contribution in [0.4, 0.5) is 0 Å². The van der Waals surface area contributed by atoms with Crippen molar-refractivity contribution >= 4 is 29.0 Å². The third kappa shape index (κ3) is 1.85. The standard InChI is InChI=1S/C15H13NO3/c1-19-15(18)9-6-7-13-11(8-9)14(17)10-4-2-3-5-12(10)16-13/h2-5,7-9,16H,6H2,1H3. The van der Waals surface area contributed by atoms with Gasteiger partial charge in [-0.05, 0) is 18.6 Å². The minimum Gasteiger partial charge on any atom is -0.469 e. The fourth-order valence-corrected chi connectivity index (χ4v) is 2.43. The largest absolute Gasteiger partial charge is 0.469 e. The number of rotatable bonds is 1. The van der Waals surface area contributed by atoms with Gasteiger partial charge in [0.25, 0.3) is 0 Å². The number of aromatic nitrogens is 1. The lowest BCUT2D eigenvalue weighted by molar-refractivity contribution is -0.143. The molecule has 1 heterocycles. The summed E-state index contributed by atoms with van der Waals surface area (Å²) in [5.41, 5.74) is 0.765. The number of carbonyl (C=O) groups is 1. The highest BCUT2D eigenvalue weighted by molar-refractivity contribution is 5.82. The first kappa shape index (κ1) is 11.7. The minimum absolute atomic E-state index is 0.0470. The molecule has 1 aliphatic rings. The molecule has 0 fully saturated rings. The zero-order valence-electron chi connectivity index (χ0n) is 10.5. The Morgan fingerprint density at radius 2 is 2.16 bits per heavy atom. The van der Waals surface area contributed by atoms with Gasteiger partial charge < -0.3 is 9.72 Å². The number of ether oxygens (including phenoxy) is 1. The minimum atomic E-state index is -0.375. The number of fused-ring (bicyclic) bond motifs is 2. The zero-order chi connectivity index (χ0) is 13.4. The Hall–Kier alpha value is -2.36. The Balaban J connectivity index is 2.33. The molecular formula is C15H13NO3. The van der Waals surface area contributed by atoms with Crippen LogP contribution in [0.15, 0.2) is 29.1 Å². The number of aromatic amines is 1. The molecule has 0 radical (unpaired) electrons. The normalized spacial score (nSPS) is 17.2. The molecule has 0 spiro atoms. The number of carbonyl (C=O) groups excluding carboxylic acids is 1. The van der Waals surface area contributed by atoms with Crippen LogP contribution in [-0.2, 0) is 9.53 Å². The van der Waals surface area contributed by atoms with Crippen molar-refractivity contribution < 1.29 is 9.53 Å². The first-order chi connectivity index (χ1) is 9.20. The average Bonchev–Trinajstić information content (AvgIpc) is 2.46. The van der Waals surface area contributed by atoms with Gasteiger partial charge in [-0.25, -0.2) is 0 Å². The summed E-state index contributed by atoms with van der Waals surface area (Å²) >= 11 is 0. The van der Waals surface area contributed by atoms with Gasteiger partial charge in [0.05, 0.1) is 13.0 Å². The summed E-state index contributed by atoms with van der Waals surface area (Å²) in [5, 5.41) is 1.97. The SMILES string of the molecule is COC(=O)C1C=c2c([nH]c3ccccc3c2=O)=CC1. The van der Waals surface area contributed by atoms with Crippen LogP contribution >= 0.6 is 0 Å². The predicted molar refractivity (Wildman–Crippen MR) is 72.9 cm³/mol. The van der Waals surface area contributed by atoms with Gasteiger partial charge in [-0.1, -0.05) is 24.3 Å². The molecule has 0 aliphatic heterocycles. The number of H-pyrrole nitrogens is 1. The number of para-hydroxylation sites is 1. The smallest absolute Gasteiger partial charge is 0.312 e. The average molecular weight is 255 g/mol. The van der Waals surface area contributed by atoms with Crippen molar-refractivity contribution in [2.75, 3.05) is 7.11 Å². The Kier molecular flexibility index (Phi) is 2.71. The van der Waals surface area contributed by atoms with E-state index in [1.54, 1.807) is 12.1 Å². The van der Waals surface area contributed by atoms with E-state index in [1.165, 1.54) is 7.11 Å². The lowest BCUT2D eigenvalue weighted by Gasteiger charge is -2.11. The van der Waals surface area contributed by atoms with Gasteiger partial charge in [0.1, 0.15) is 0 Å². The number of hydrogen-bond donors (Lipinski definition) is 1. The van der Waals surface area contributed by atoms with Crippen LogP contribution in [0, 0.1) is 5.92 Å². The Morgan fingerprint density at radius 1 is 1.37 bits per heavy atom. The molecular weight excluding hydrogens is 242 g/mol. The number of methoxy groups -OCH3 is 1. The van der Waals surface area contributed by atoms with Crippen molar-refractivity contribution in [2.45, 2.75) is 6.42 Å². The molecule has 0 bridgehead atoms. The van der Waals surface area contributed by atoms with E-state index in [0.717, 1.165) is 10.9 Å². The number of esters is 1. The Labute approximate surface area is 109 Å². The fraction of sp³-hybridized carbons (Fsp3) is 0.200. The van der Waals surface area contributed by atoms with Crippen LogP contribution in [-0.4, -0.2) is 18.1 Å². The van der Waals surface area contributed by atoms with Crippen molar-refractivity contribution in [3.63, 3.8) is 0 Å². The second kappa shape index (κ2) is 4.39. The molecule has 1 aliphatic carbocycles. The maximum Gasteiger partial charge on any atom is 0.312 e. The summed E-state index contributed by atoms with van der Waals surface area (Å²) in [7, 11) is 1.36. The Bertz CT molecular complexity index is 833. The molecule has 1 atom stereocenters. The molecule has 4 heteroatoms. The molecule has 19 heavy (non-hydrogen) atoms. The quantitative estimate of drug-likeness (QED) is 0.745. The van der Waals surface area contributed by atoms with Gasteiger partial charge in [-0.2, -0.15) is 0 Å². The second-order valence-corrected chi connectivity index (χ2v) is 4.56. The second-order valence-electron chi connectivity index (χ2n) is 4.56. The van der Waals surface area contributed by atoms with E-state index in [9.17, 15) is 9.59 Å². The summed E-state index contributed by atoms with van der Waals surface area (Å²) in [6.45, 7) is 0. The van der Waals surface area contributed by atoms with E-state index in [2.05, 4.69) is 4.98 Å². The molecule has 0 amide bonds. The summed E-state index contributed by atoms with van der Waals surface area (Å²) < 4.78 is 4.73. The Morgan fingerprint density at radius 3 is 2.95 bits per heavy atom. The number of hydrogen-bond acceptors (Lipinski definition) is 3. The maximum absolute atomic E-state index is 12.4. The van der Waals surface area contributed by atoms with Gasteiger partial charge in [-0.3, -0.25) is 9.59 Å². The van der Waals surface area contributed by atoms with Crippen molar-refractivity contribution in [1.82, 2.24) is 4.98 Å². The van der Waals surface area contributed by atoms with Gasteiger partial charge in [0.2, 0.25) is 0 Å². The fourth-order valence-electron chi connectivity index (χ4n) is 2.43. The predicted octanol–water partition coefficient (Wildman–Crippen LogP) is 0.282. The number of pyridine rings is 1. The number of benzene rings is 1. The van der Waals surface area contributed by atoms with Crippen molar-refractivity contribution in [3.8, 4) is 0 Å². The van der Waals surface area contributed by atoms with Crippen molar-refractivity contribution in [3.05, 3.63) is 45.1 Å². The molecule has 1 N–H and O–H groups in total. The van der Waals surface area contributed by atoms with E-state index in [-0.39, 0.29) is 17.3 Å². The third-order valence-electron chi connectivity index (χ3n) is 3.42. The lowest BCUT2D eigenvalue weighted by Crippen LogP contribution is -2.44. The van der Waals surface area contributed by atoms with Crippen LogP contribution in [0.1, 0.15) is 6.42 Å². The highest BCUT2D eigenvalue weighted by Gasteiger charge is 2.18. The molecule has 96 valence electrons. The lowest BCUT2D eigenvalue weighted by atomic mass is 9.98. The van der Waals surface area contributed by atoms with E-state index in [4.69, 9.17) is 4.74 Å². The van der Waals surface area contributed by atoms with Crippen molar-refractivity contribution in [2.24, 2.45) is 5.92 Å². The van der Waals surface area contributed by atoms with Crippen LogP contribution in [0.25, 0.3) is 23.1 Å². The van der Waals surface area contributed by atoms with Gasteiger partial charge in [0.15, 0.2) is 5.43 Å². The van der Waals surface area contributed by atoms with E-state index < -0.39 is 0 Å². The molecule has 0 saturated carbocycles. The zero-order valence-corrected chi connectivity index (χ0v) is 10.5. The summed E-state index contributed by atoms with van der Waals surface area (Å²) in [5.74, 6) is -0.686. The topological polar surface area (TPSA) is 59.2 Å². The third-order valence-corrected chi connectivity index (χ3v) is 3.42. The first-order valence-corrected chi connectivity index (χ1v) is 6.11. The molecule has 3 rings (SSSR count). The van der Waals surface area contributed by atoms with E-state index in [1.807, 2.05) is 24.3 Å². The molecule has 1 aromatic heterocycles. The molecule has 1 aromatic carbocycles. The van der Waals surface area contributed by atoms with Gasteiger partial charge in [0, 0.05) is 21.5 Å². The summed E-state index contributed by atoms with van der Waals surface area (Å²) in [6, 6.07) is 7.37. The van der Waals surface area contributed by atoms with Crippen LogP contribution in [0.5, 0.6) is 0 Å². The van der Waals surface area contributed by atoms with E-state index >= 15 is 0 Å². The summed E-state index contributed by atoms with van der Waals surface area (Å²) in [6.07, 6.45) is 4.13. The van der Waals surface area contributed by atoms with Crippen LogP contribution < -0.4 is 16.0 Å². The van der Waals surface area contributed by atoms with E-state index in [0.29, 0.717) is 17.0 Å². The molecule has 1 unspecified atom stereocenters. The number of nitrogens with one attached hydrogen (secondary N) is 1. The van der Waals surface area contributed by atoms with Gasteiger partial charge >= 0.3 is 5.97 Å². The van der Waals surface area contributed by atoms with Gasteiger partial charge in [-0.15, -0.1) is 0 Å². The van der Waals surface area contributed by atoms with Crippen molar-refractivity contribution in [1.29, 1.82) is 0 Å². The highest BCUT2D eigenvalue weighted by atomic mass is 16.5. The summed E-state index contributed by atoms with van der Waals surface area (Å²) in [4.78, 5) is 27.2. The first-order valence-electron chi connectivity index (χ1n) is 6.11. The molecule has 0 saturated heterocycles. The maximum atomic E-state index is 12.4. The molecule has 2 aromatic rings. The highest BCUT2D eigenvalue weighted by Crippen LogP contribution is 2.10. The monoisotopic (exact) mass is 255 g/mol. The van der Waals surface area contributed by atoms with Crippen LogP contribution in [0.2, 0.25) is 0 Å².